The predicted octanol–water partition coefficient (Wildman–Crippen LogP) is 7.53. The Balaban J connectivity index is 1.67. The highest BCUT2D eigenvalue weighted by molar-refractivity contribution is 6.31. The molecule has 1 unspecified atom stereocenters. The molecular formula is C30H24ClN3O2. The van der Waals surface area contributed by atoms with Crippen molar-refractivity contribution in [3.8, 4) is 45.4 Å². The van der Waals surface area contributed by atoms with Crippen molar-refractivity contribution in [3.63, 3.8) is 0 Å². The number of methoxy groups -OCH3 is 2. The molecule has 0 fully saturated rings. The number of ether oxygens (including phenoxy) is 2. The van der Waals surface area contributed by atoms with Crippen LogP contribution >= 0.6 is 11.6 Å². The van der Waals surface area contributed by atoms with E-state index in [1.807, 2.05) is 54.6 Å². The Labute approximate surface area is 214 Å². The lowest BCUT2D eigenvalue weighted by Gasteiger charge is -2.31. The van der Waals surface area contributed by atoms with Crippen molar-refractivity contribution in [2.75, 3.05) is 19.5 Å². The van der Waals surface area contributed by atoms with Crippen molar-refractivity contribution >= 4 is 17.3 Å². The first-order valence-corrected chi connectivity index (χ1v) is 12.1. The van der Waals surface area contributed by atoms with Crippen LogP contribution in [0.5, 0.6) is 11.5 Å². The van der Waals surface area contributed by atoms with Crippen LogP contribution in [0.15, 0.2) is 97.1 Å². The quantitative estimate of drug-likeness (QED) is 0.275. The lowest BCUT2D eigenvalue weighted by molar-refractivity contribution is 0.354. The molecule has 1 N–H and O–H groups in total. The summed E-state index contributed by atoms with van der Waals surface area (Å²) in [6.45, 7) is 0. The third-order valence-electron chi connectivity index (χ3n) is 6.50. The zero-order valence-corrected chi connectivity index (χ0v) is 20.7. The minimum absolute atomic E-state index is 0.242. The second-order valence-electron chi connectivity index (χ2n) is 8.59. The lowest BCUT2D eigenvalue weighted by atomic mass is 10.0. The van der Waals surface area contributed by atoms with Crippen LogP contribution in [0.4, 0.5) is 5.69 Å². The molecule has 0 radical (unpaired) electrons. The van der Waals surface area contributed by atoms with E-state index in [4.69, 9.17) is 26.1 Å². The smallest absolute Gasteiger partial charge is 0.161 e. The summed E-state index contributed by atoms with van der Waals surface area (Å²) < 4.78 is 13.4. The third kappa shape index (κ3) is 3.69. The van der Waals surface area contributed by atoms with Gasteiger partial charge in [-0.15, -0.1) is 0 Å². The number of hydrogen-bond donors (Lipinski definition) is 1. The molecule has 1 atom stereocenters. The number of benzene rings is 4. The number of hydrogen-bond acceptors (Lipinski definition) is 4. The Morgan fingerprint density at radius 1 is 0.778 bits per heavy atom. The summed E-state index contributed by atoms with van der Waals surface area (Å²) in [4.78, 5) is 5.24. The van der Waals surface area contributed by atoms with E-state index in [-0.39, 0.29) is 6.17 Å². The van der Waals surface area contributed by atoms with Gasteiger partial charge in [0.05, 0.1) is 25.6 Å². The van der Waals surface area contributed by atoms with Crippen LogP contribution < -0.4 is 14.8 Å². The molecule has 0 spiro atoms. The number of nitrogens with zero attached hydrogens (tertiary/aromatic N) is 2. The van der Waals surface area contributed by atoms with Gasteiger partial charge in [-0.3, -0.25) is 4.57 Å². The molecular weight excluding hydrogens is 470 g/mol. The van der Waals surface area contributed by atoms with Gasteiger partial charge < -0.3 is 14.8 Å². The second kappa shape index (κ2) is 9.10. The molecule has 1 aromatic heterocycles. The van der Waals surface area contributed by atoms with Gasteiger partial charge in [0, 0.05) is 27.4 Å². The van der Waals surface area contributed by atoms with E-state index in [0.29, 0.717) is 16.5 Å². The zero-order valence-electron chi connectivity index (χ0n) is 19.9. The zero-order chi connectivity index (χ0) is 24.6. The summed E-state index contributed by atoms with van der Waals surface area (Å²) in [5.74, 6) is 2.21. The van der Waals surface area contributed by atoms with Gasteiger partial charge in [-0.2, -0.15) is 0 Å². The Bertz CT molecular complexity index is 1550. The van der Waals surface area contributed by atoms with Gasteiger partial charge in [0.2, 0.25) is 0 Å². The van der Waals surface area contributed by atoms with Crippen molar-refractivity contribution < 1.29 is 9.47 Å². The van der Waals surface area contributed by atoms with Crippen LogP contribution in [0.25, 0.3) is 33.9 Å². The summed E-state index contributed by atoms with van der Waals surface area (Å²) in [6.07, 6.45) is -0.242. The maximum Gasteiger partial charge on any atom is 0.161 e. The maximum absolute atomic E-state index is 6.45. The standard InChI is InChI=1S/C30H24ClN3O2/c1-35-25-16-13-21(17-26(25)36-2)29-32-24-15-14-22(31)18-23(24)30-33-27(19-9-5-3-6-10-19)28(34(29)30)20-11-7-4-8-12-20/h3-18,29,32H,1-2H3. The molecule has 0 amide bonds. The van der Waals surface area contributed by atoms with Gasteiger partial charge in [-0.25, -0.2) is 4.98 Å². The maximum atomic E-state index is 6.45. The molecule has 5 aromatic rings. The summed E-state index contributed by atoms with van der Waals surface area (Å²) >= 11 is 6.45. The molecule has 36 heavy (non-hydrogen) atoms. The average Bonchev–Trinajstić information content (AvgIpc) is 3.34. The highest BCUT2D eigenvalue weighted by atomic mass is 35.5. The van der Waals surface area contributed by atoms with Crippen LogP contribution in [-0.4, -0.2) is 23.8 Å². The largest absolute Gasteiger partial charge is 0.493 e. The molecule has 6 rings (SSSR count). The Kier molecular flexibility index (Phi) is 5.62. The second-order valence-corrected chi connectivity index (χ2v) is 9.02. The number of anilines is 1. The van der Waals surface area contributed by atoms with E-state index in [1.54, 1.807) is 14.2 Å². The fourth-order valence-electron chi connectivity index (χ4n) is 4.84. The van der Waals surface area contributed by atoms with Crippen LogP contribution in [-0.2, 0) is 0 Å². The Morgan fingerprint density at radius 2 is 1.47 bits per heavy atom. The SMILES string of the molecule is COc1ccc(C2Nc3ccc(Cl)cc3-c3nc(-c4ccccc4)c(-c4ccccc4)n32)cc1OC. The van der Waals surface area contributed by atoms with Crippen LogP contribution in [0.1, 0.15) is 11.7 Å². The molecule has 1 aliphatic heterocycles. The van der Waals surface area contributed by atoms with Crippen molar-refractivity contribution in [2.45, 2.75) is 6.17 Å². The fourth-order valence-corrected chi connectivity index (χ4v) is 5.01. The summed E-state index contributed by atoms with van der Waals surface area (Å²) in [5.41, 5.74) is 7.01. The first-order valence-electron chi connectivity index (χ1n) is 11.7. The number of aromatic nitrogens is 2. The van der Waals surface area contributed by atoms with E-state index in [9.17, 15) is 0 Å². The van der Waals surface area contributed by atoms with Gasteiger partial charge >= 0.3 is 0 Å². The van der Waals surface area contributed by atoms with E-state index < -0.39 is 0 Å². The van der Waals surface area contributed by atoms with E-state index in [2.05, 4.69) is 52.3 Å². The third-order valence-corrected chi connectivity index (χ3v) is 6.74. The normalized spacial score (nSPS) is 13.9. The van der Waals surface area contributed by atoms with Gasteiger partial charge in [0.1, 0.15) is 12.0 Å². The summed E-state index contributed by atoms with van der Waals surface area (Å²) in [5, 5.41) is 4.39. The minimum atomic E-state index is -0.242. The number of rotatable bonds is 5. The molecule has 0 saturated carbocycles. The first kappa shape index (κ1) is 22.3. The van der Waals surface area contributed by atoms with Crippen molar-refractivity contribution in [1.82, 2.24) is 9.55 Å². The number of nitrogens with one attached hydrogen (secondary N) is 1. The lowest BCUT2D eigenvalue weighted by Crippen LogP contribution is -2.25. The number of halogens is 1. The van der Waals surface area contributed by atoms with E-state index in [0.717, 1.165) is 45.2 Å². The van der Waals surface area contributed by atoms with Crippen molar-refractivity contribution in [2.24, 2.45) is 0 Å². The highest BCUT2D eigenvalue weighted by Gasteiger charge is 2.32. The van der Waals surface area contributed by atoms with Gasteiger partial charge in [0.25, 0.3) is 0 Å². The van der Waals surface area contributed by atoms with Gasteiger partial charge in [-0.05, 0) is 35.9 Å². The van der Waals surface area contributed by atoms with Gasteiger partial charge in [0.15, 0.2) is 11.5 Å². The van der Waals surface area contributed by atoms with E-state index in [1.165, 1.54) is 0 Å². The predicted molar refractivity (Wildman–Crippen MR) is 145 cm³/mol. The minimum Gasteiger partial charge on any atom is -0.493 e. The molecule has 178 valence electrons. The molecule has 4 aromatic carbocycles. The molecule has 5 nitrogen and oxygen atoms in total. The topological polar surface area (TPSA) is 48.3 Å². The number of fused-ring (bicyclic) bond motifs is 3. The van der Waals surface area contributed by atoms with Crippen LogP contribution in [0, 0.1) is 0 Å². The molecule has 6 heteroatoms. The van der Waals surface area contributed by atoms with Crippen LogP contribution in [0.3, 0.4) is 0 Å². The average molecular weight is 494 g/mol. The molecule has 0 bridgehead atoms. The Morgan fingerprint density at radius 3 is 2.17 bits per heavy atom. The Hall–Kier alpha value is -4.22. The van der Waals surface area contributed by atoms with Crippen molar-refractivity contribution in [3.05, 3.63) is 108 Å². The van der Waals surface area contributed by atoms with Gasteiger partial charge in [-0.1, -0.05) is 78.3 Å². The van der Waals surface area contributed by atoms with E-state index >= 15 is 0 Å². The molecule has 1 aliphatic rings. The number of imidazole rings is 1. The van der Waals surface area contributed by atoms with Crippen LogP contribution in [0.2, 0.25) is 5.02 Å². The fraction of sp³-hybridized carbons (Fsp3) is 0.100. The first-order chi connectivity index (χ1) is 17.7. The van der Waals surface area contributed by atoms with Crippen molar-refractivity contribution in [1.29, 1.82) is 0 Å². The molecule has 0 aliphatic carbocycles. The molecule has 2 heterocycles. The summed E-state index contributed by atoms with van der Waals surface area (Å²) in [7, 11) is 3.29. The monoisotopic (exact) mass is 493 g/mol. The summed E-state index contributed by atoms with van der Waals surface area (Å²) in [6, 6.07) is 32.5. The highest BCUT2D eigenvalue weighted by Crippen LogP contribution is 2.46. The molecule has 0 saturated heterocycles.